The highest BCUT2D eigenvalue weighted by atomic mass is 32.1. The third kappa shape index (κ3) is 1.89. The van der Waals surface area contributed by atoms with Gasteiger partial charge in [-0.2, -0.15) is 0 Å². The van der Waals surface area contributed by atoms with Gasteiger partial charge in [-0.15, -0.1) is 12.6 Å². The lowest BCUT2D eigenvalue weighted by Gasteiger charge is -2.23. The maximum absolute atomic E-state index is 14.2. The van der Waals surface area contributed by atoms with Crippen LogP contribution in [0.2, 0.25) is 0 Å². The first-order chi connectivity index (χ1) is 9.21. The Balaban J connectivity index is 2.27. The summed E-state index contributed by atoms with van der Waals surface area (Å²) in [6, 6.07) is 12.2. The summed E-state index contributed by atoms with van der Waals surface area (Å²) >= 11 is 4.45. The molecule has 0 aromatic heterocycles. The minimum Gasteiger partial charge on any atom is -0.239 e. The van der Waals surface area contributed by atoms with Crippen LogP contribution in [0.1, 0.15) is 44.4 Å². The molecule has 104 valence electrons. The van der Waals surface area contributed by atoms with Gasteiger partial charge in [-0.3, -0.25) is 0 Å². The van der Waals surface area contributed by atoms with Crippen LogP contribution in [0.3, 0.4) is 0 Å². The standard InChI is InChI=1S/C18H19FS/c1-17(2)15-9-11(18(3,4)19)5-7-13(15)14-8-6-12(20)10-16(14)17/h5-10,20H,1-4H3. The van der Waals surface area contributed by atoms with Crippen LogP contribution in [0.4, 0.5) is 4.39 Å². The van der Waals surface area contributed by atoms with E-state index in [1.54, 1.807) is 13.8 Å². The van der Waals surface area contributed by atoms with Crippen molar-refractivity contribution in [2.24, 2.45) is 0 Å². The van der Waals surface area contributed by atoms with E-state index < -0.39 is 5.67 Å². The van der Waals surface area contributed by atoms with Gasteiger partial charge in [0.15, 0.2) is 0 Å². The molecule has 0 nitrogen and oxygen atoms in total. The molecule has 0 aliphatic heterocycles. The van der Waals surface area contributed by atoms with E-state index in [2.05, 4.69) is 44.7 Å². The summed E-state index contributed by atoms with van der Waals surface area (Å²) < 4.78 is 14.2. The van der Waals surface area contributed by atoms with E-state index in [0.29, 0.717) is 0 Å². The van der Waals surface area contributed by atoms with E-state index in [4.69, 9.17) is 0 Å². The monoisotopic (exact) mass is 286 g/mol. The SMILES string of the molecule is CC(C)(F)c1ccc2c(c1)C(C)(C)c1cc(S)ccc1-2. The highest BCUT2D eigenvalue weighted by Gasteiger charge is 2.36. The smallest absolute Gasteiger partial charge is 0.130 e. The van der Waals surface area contributed by atoms with Gasteiger partial charge in [-0.1, -0.05) is 38.1 Å². The lowest BCUT2D eigenvalue weighted by atomic mass is 9.81. The van der Waals surface area contributed by atoms with Crippen LogP contribution < -0.4 is 0 Å². The normalized spacial score (nSPS) is 15.9. The molecular formula is C18H19FS. The Bertz CT molecular complexity index is 693. The molecule has 0 bridgehead atoms. The van der Waals surface area contributed by atoms with Gasteiger partial charge in [0.2, 0.25) is 0 Å². The lowest BCUT2D eigenvalue weighted by Crippen LogP contribution is -2.17. The zero-order valence-electron chi connectivity index (χ0n) is 12.3. The average Bonchev–Trinajstić information content (AvgIpc) is 2.57. The number of benzene rings is 2. The fourth-order valence-electron chi connectivity index (χ4n) is 3.10. The second-order valence-electron chi connectivity index (χ2n) is 6.59. The minimum atomic E-state index is -1.31. The maximum atomic E-state index is 14.2. The van der Waals surface area contributed by atoms with Crippen LogP contribution in [0.5, 0.6) is 0 Å². The van der Waals surface area contributed by atoms with Crippen molar-refractivity contribution in [3.05, 3.63) is 53.1 Å². The molecule has 0 N–H and O–H groups in total. The molecule has 0 spiro atoms. The number of thiol groups is 1. The van der Waals surface area contributed by atoms with Crippen molar-refractivity contribution in [3.63, 3.8) is 0 Å². The topological polar surface area (TPSA) is 0 Å². The Morgan fingerprint density at radius 1 is 0.950 bits per heavy atom. The summed E-state index contributed by atoms with van der Waals surface area (Å²) in [4.78, 5) is 0.968. The van der Waals surface area contributed by atoms with Crippen molar-refractivity contribution in [3.8, 4) is 11.1 Å². The predicted molar refractivity (Wildman–Crippen MR) is 85.4 cm³/mol. The lowest BCUT2D eigenvalue weighted by molar-refractivity contribution is 0.221. The van der Waals surface area contributed by atoms with Crippen molar-refractivity contribution in [2.75, 3.05) is 0 Å². The molecule has 3 rings (SSSR count). The number of hydrogen-bond donors (Lipinski definition) is 1. The third-order valence-electron chi connectivity index (χ3n) is 4.35. The first-order valence-electron chi connectivity index (χ1n) is 6.89. The second-order valence-corrected chi connectivity index (χ2v) is 7.10. The zero-order valence-corrected chi connectivity index (χ0v) is 13.2. The van der Waals surface area contributed by atoms with E-state index in [0.717, 1.165) is 10.5 Å². The molecule has 1 aliphatic rings. The molecule has 20 heavy (non-hydrogen) atoms. The van der Waals surface area contributed by atoms with E-state index in [1.807, 2.05) is 18.2 Å². The van der Waals surface area contributed by atoms with Crippen molar-refractivity contribution >= 4 is 12.6 Å². The molecule has 2 aromatic carbocycles. The predicted octanol–water partition coefficient (Wildman–Crippen LogP) is 5.49. The van der Waals surface area contributed by atoms with E-state index in [-0.39, 0.29) is 5.41 Å². The molecule has 1 aliphatic carbocycles. The molecule has 0 heterocycles. The Kier molecular flexibility index (Phi) is 2.81. The molecular weight excluding hydrogens is 267 g/mol. The molecule has 0 saturated heterocycles. The van der Waals surface area contributed by atoms with E-state index in [1.165, 1.54) is 22.3 Å². The highest BCUT2D eigenvalue weighted by molar-refractivity contribution is 7.80. The number of rotatable bonds is 1. The highest BCUT2D eigenvalue weighted by Crippen LogP contribution is 2.50. The average molecular weight is 286 g/mol. The summed E-state index contributed by atoms with van der Waals surface area (Å²) in [6.45, 7) is 7.60. The van der Waals surface area contributed by atoms with Gasteiger partial charge in [0, 0.05) is 10.3 Å². The minimum absolute atomic E-state index is 0.106. The maximum Gasteiger partial charge on any atom is 0.130 e. The Morgan fingerprint density at radius 2 is 1.50 bits per heavy atom. The number of hydrogen-bond acceptors (Lipinski definition) is 1. The molecule has 0 radical (unpaired) electrons. The van der Waals surface area contributed by atoms with Gasteiger partial charge < -0.3 is 0 Å². The third-order valence-corrected chi connectivity index (χ3v) is 4.62. The Hall–Kier alpha value is -1.28. The fraction of sp³-hybridized carbons (Fsp3) is 0.333. The van der Waals surface area contributed by atoms with Crippen LogP contribution in [0, 0.1) is 0 Å². The number of fused-ring (bicyclic) bond motifs is 3. The molecule has 0 atom stereocenters. The Morgan fingerprint density at radius 3 is 2.10 bits per heavy atom. The molecule has 0 saturated carbocycles. The number of alkyl halides is 1. The summed E-state index contributed by atoms with van der Waals surface area (Å²) in [6.07, 6.45) is 0. The molecule has 0 fully saturated rings. The van der Waals surface area contributed by atoms with Crippen molar-refractivity contribution in [2.45, 2.75) is 43.7 Å². The summed E-state index contributed by atoms with van der Waals surface area (Å²) in [5, 5.41) is 0. The summed E-state index contributed by atoms with van der Waals surface area (Å²) in [5.41, 5.74) is 4.25. The van der Waals surface area contributed by atoms with Crippen LogP contribution in [-0.4, -0.2) is 0 Å². The van der Waals surface area contributed by atoms with E-state index in [9.17, 15) is 4.39 Å². The van der Waals surface area contributed by atoms with Crippen LogP contribution in [0.25, 0.3) is 11.1 Å². The van der Waals surface area contributed by atoms with Gasteiger partial charge in [0.1, 0.15) is 5.67 Å². The summed E-state index contributed by atoms with van der Waals surface area (Å²) in [7, 11) is 0. The largest absolute Gasteiger partial charge is 0.239 e. The first-order valence-corrected chi connectivity index (χ1v) is 7.34. The van der Waals surface area contributed by atoms with Crippen molar-refractivity contribution in [1.29, 1.82) is 0 Å². The van der Waals surface area contributed by atoms with Gasteiger partial charge in [-0.25, -0.2) is 4.39 Å². The quantitative estimate of drug-likeness (QED) is 0.659. The van der Waals surface area contributed by atoms with Gasteiger partial charge in [0.25, 0.3) is 0 Å². The summed E-state index contributed by atoms with van der Waals surface area (Å²) in [5.74, 6) is 0. The van der Waals surface area contributed by atoms with Crippen molar-refractivity contribution in [1.82, 2.24) is 0 Å². The van der Waals surface area contributed by atoms with Gasteiger partial charge in [-0.05, 0) is 53.8 Å². The molecule has 2 aromatic rings. The van der Waals surface area contributed by atoms with Crippen molar-refractivity contribution < 1.29 is 4.39 Å². The van der Waals surface area contributed by atoms with E-state index >= 15 is 0 Å². The van der Waals surface area contributed by atoms with Crippen LogP contribution in [0.15, 0.2) is 41.3 Å². The molecule has 2 heteroatoms. The van der Waals surface area contributed by atoms with Crippen LogP contribution >= 0.6 is 12.6 Å². The fourth-order valence-corrected chi connectivity index (χ4v) is 3.30. The van der Waals surface area contributed by atoms with Crippen LogP contribution in [-0.2, 0) is 11.1 Å². The first kappa shape index (κ1) is 13.7. The second kappa shape index (κ2) is 4.11. The Labute approximate surface area is 125 Å². The molecule has 0 unspecified atom stereocenters. The zero-order chi connectivity index (χ0) is 14.7. The van der Waals surface area contributed by atoms with Gasteiger partial charge >= 0.3 is 0 Å². The number of halogens is 1. The molecule has 0 amide bonds. The van der Waals surface area contributed by atoms with Gasteiger partial charge in [0.05, 0.1) is 0 Å².